The number of aromatic nitrogens is 5. The molecule has 1 aromatic carbocycles. The number of hydrogen-bond acceptors (Lipinski definition) is 3. The molecule has 0 spiro atoms. The number of nitrogens with zero attached hydrogens (tertiary/aromatic N) is 5. The van der Waals surface area contributed by atoms with Crippen LogP contribution in [0.1, 0.15) is 36.0 Å². The van der Waals surface area contributed by atoms with Crippen LogP contribution in [0.3, 0.4) is 0 Å². The van der Waals surface area contributed by atoms with Crippen molar-refractivity contribution in [1.29, 1.82) is 0 Å². The van der Waals surface area contributed by atoms with E-state index in [1.165, 1.54) is 18.5 Å². The molecule has 110 valence electrons. The molecule has 5 rings (SSSR count). The second-order valence-electron chi connectivity index (χ2n) is 6.03. The fourth-order valence-corrected chi connectivity index (χ4v) is 3.45. The molecule has 6 heteroatoms. The minimum absolute atomic E-state index is 0.557. The summed E-state index contributed by atoms with van der Waals surface area (Å²) in [6, 6.07) is 6.30. The first-order chi connectivity index (χ1) is 10.7. The second kappa shape index (κ2) is 4.29. The third-order valence-electron chi connectivity index (χ3n) is 4.46. The van der Waals surface area contributed by atoms with Gasteiger partial charge in [-0.05, 0) is 38.0 Å². The van der Waals surface area contributed by atoms with Gasteiger partial charge in [0, 0.05) is 16.0 Å². The number of fused-ring (bicyclic) bond motifs is 5. The van der Waals surface area contributed by atoms with Gasteiger partial charge in [-0.1, -0.05) is 15.9 Å². The lowest BCUT2D eigenvalue weighted by molar-refractivity contribution is 0.661. The molecule has 0 atom stereocenters. The Kier molecular flexibility index (Phi) is 2.45. The fourth-order valence-electron chi connectivity index (χ4n) is 3.08. The zero-order chi connectivity index (χ0) is 14.8. The quantitative estimate of drug-likeness (QED) is 0.525. The Bertz CT molecular complexity index is 903. The Hall–Kier alpha value is -1.95. The van der Waals surface area contributed by atoms with E-state index in [1.54, 1.807) is 0 Å². The van der Waals surface area contributed by atoms with Gasteiger partial charge in [0.15, 0.2) is 11.6 Å². The van der Waals surface area contributed by atoms with Crippen LogP contribution in [0.25, 0.3) is 17.1 Å². The second-order valence-corrected chi connectivity index (χ2v) is 6.95. The Morgan fingerprint density at radius 2 is 2.14 bits per heavy atom. The number of halogens is 1. The standard InChI is InChI=1S/C16H14BrN5/c1-9-14-7-22-16(19-15(20-22)10-2-3-10)12-6-11(17)4-5-13(12)21(14)8-18-9/h4-6,8,10H,2-3,7H2,1H3. The van der Waals surface area contributed by atoms with Crippen LogP contribution in [-0.4, -0.2) is 24.3 Å². The topological polar surface area (TPSA) is 48.5 Å². The minimum atomic E-state index is 0.557. The van der Waals surface area contributed by atoms with Gasteiger partial charge >= 0.3 is 0 Å². The summed E-state index contributed by atoms with van der Waals surface area (Å²) in [5, 5.41) is 4.77. The van der Waals surface area contributed by atoms with Crippen molar-refractivity contribution < 1.29 is 0 Å². The van der Waals surface area contributed by atoms with Crippen LogP contribution in [0.2, 0.25) is 0 Å². The summed E-state index contributed by atoms with van der Waals surface area (Å²) in [4.78, 5) is 9.32. The zero-order valence-electron chi connectivity index (χ0n) is 12.1. The molecule has 0 N–H and O–H groups in total. The van der Waals surface area contributed by atoms with Crippen molar-refractivity contribution in [2.75, 3.05) is 0 Å². The lowest BCUT2D eigenvalue weighted by Crippen LogP contribution is -2.06. The van der Waals surface area contributed by atoms with Crippen LogP contribution in [0.5, 0.6) is 0 Å². The summed E-state index contributed by atoms with van der Waals surface area (Å²) < 4.78 is 5.24. The summed E-state index contributed by atoms with van der Waals surface area (Å²) in [5.41, 5.74) is 4.44. The average molecular weight is 356 g/mol. The van der Waals surface area contributed by atoms with Gasteiger partial charge in [0.2, 0.25) is 0 Å². The van der Waals surface area contributed by atoms with Crippen LogP contribution in [0.4, 0.5) is 0 Å². The molecule has 1 aliphatic carbocycles. The van der Waals surface area contributed by atoms with Crippen molar-refractivity contribution in [3.63, 3.8) is 0 Å². The monoisotopic (exact) mass is 355 g/mol. The number of imidazole rings is 1. The smallest absolute Gasteiger partial charge is 0.160 e. The van der Waals surface area contributed by atoms with E-state index in [2.05, 4.69) is 43.7 Å². The van der Waals surface area contributed by atoms with Gasteiger partial charge in [-0.25, -0.2) is 14.6 Å². The molecule has 1 fully saturated rings. The largest absolute Gasteiger partial charge is 0.300 e. The molecule has 3 heterocycles. The number of aryl methyl sites for hydroxylation is 1. The number of hydrogen-bond donors (Lipinski definition) is 0. The van der Waals surface area contributed by atoms with E-state index in [-0.39, 0.29) is 0 Å². The summed E-state index contributed by atoms with van der Waals surface area (Å²) in [5.74, 6) is 2.51. The summed E-state index contributed by atoms with van der Waals surface area (Å²) >= 11 is 3.58. The van der Waals surface area contributed by atoms with Crippen molar-refractivity contribution in [3.8, 4) is 17.1 Å². The first-order valence-electron chi connectivity index (χ1n) is 7.48. The number of rotatable bonds is 1. The molecule has 0 amide bonds. The van der Waals surface area contributed by atoms with Crippen molar-refractivity contribution in [3.05, 3.63) is 46.2 Å². The van der Waals surface area contributed by atoms with E-state index in [0.717, 1.165) is 33.1 Å². The lowest BCUT2D eigenvalue weighted by atomic mass is 10.1. The number of benzene rings is 1. The van der Waals surface area contributed by atoms with Gasteiger partial charge < -0.3 is 4.57 Å². The molecule has 0 bridgehead atoms. The van der Waals surface area contributed by atoms with Gasteiger partial charge in [0.05, 0.1) is 29.9 Å². The molecule has 3 aromatic rings. The van der Waals surface area contributed by atoms with Gasteiger partial charge in [0.25, 0.3) is 0 Å². The summed E-state index contributed by atoms with van der Waals surface area (Å²) in [6.07, 6.45) is 4.32. The van der Waals surface area contributed by atoms with Crippen LogP contribution in [0, 0.1) is 6.92 Å². The first kappa shape index (κ1) is 12.6. The molecule has 2 aromatic heterocycles. The predicted molar refractivity (Wildman–Crippen MR) is 86.1 cm³/mol. The summed E-state index contributed by atoms with van der Waals surface area (Å²) in [6.45, 7) is 2.77. The van der Waals surface area contributed by atoms with E-state index in [1.807, 2.05) is 17.9 Å². The SMILES string of the molecule is Cc1ncn2c1Cn1nc(C3CC3)nc1-c1cc(Br)ccc1-2. The first-order valence-corrected chi connectivity index (χ1v) is 8.28. The zero-order valence-corrected chi connectivity index (χ0v) is 13.7. The predicted octanol–water partition coefficient (Wildman–Crippen LogP) is 3.44. The highest BCUT2D eigenvalue weighted by atomic mass is 79.9. The Balaban J connectivity index is 1.83. The van der Waals surface area contributed by atoms with Crippen molar-refractivity contribution in [1.82, 2.24) is 24.3 Å². The van der Waals surface area contributed by atoms with Crippen LogP contribution in [-0.2, 0) is 6.54 Å². The third kappa shape index (κ3) is 1.73. The normalized spacial score (nSPS) is 15.9. The van der Waals surface area contributed by atoms with E-state index in [4.69, 9.17) is 10.1 Å². The molecular weight excluding hydrogens is 342 g/mol. The molecule has 2 aliphatic rings. The van der Waals surface area contributed by atoms with E-state index in [0.29, 0.717) is 12.5 Å². The highest BCUT2D eigenvalue weighted by molar-refractivity contribution is 9.10. The maximum atomic E-state index is 4.84. The molecule has 0 unspecified atom stereocenters. The van der Waals surface area contributed by atoms with E-state index >= 15 is 0 Å². The maximum Gasteiger partial charge on any atom is 0.160 e. The average Bonchev–Trinajstić information content (AvgIpc) is 3.21. The minimum Gasteiger partial charge on any atom is -0.300 e. The van der Waals surface area contributed by atoms with E-state index < -0.39 is 0 Å². The molecule has 1 saturated carbocycles. The van der Waals surface area contributed by atoms with Crippen LogP contribution >= 0.6 is 15.9 Å². The molecule has 5 nitrogen and oxygen atoms in total. The van der Waals surface area contributed by atoms with Crippen LogP contribution < -0.4 is 0 Å². The van der Waals surface area contributed by atoms with Crippen molar-refractivity contribution in [2.45, 2.75) is 32.2 Å². The van der Waals surface area contributed by atoms with Crippen molar-refractivity contribution >= 4 is 15.9 Å². The molecular formula is C16H14BrN5. The maximum absolute atomic E-state index is 4.84. The highest BCUT2D eigenvalue weighted by Crippen LogP contribution is 2.40. The van der Waals surface area contributed by atoms with Crippen LogP contribution in [0.15, 0.2) is 29.0 Å². The molecule has 0 radical (unpaired) electrons. The van der Waals surface area contributed by atoms with Gasteiger partial charge in [-0.3, -0.25) is 0 Å². The lowest BCUT2D eigenvalue weighted by Gasteiger charge is -2.08. The van der Waals surface area contributed by atoms with Gasteiger partial charge in [-0.15, -0.1) is 0 Å². The Morgan fingerprint density at radius 1 is 1.27 bits per heavy atom. The molecule has 22 heavy (non-hydrogen) atoms. The Morgan fingerprint density at radius 3 is 2.95 bits per heavy atom. The fraction of sp³-hybridized carbons (Fsp3) is 0.312. The molecule has 0 saturated heterocycles. The van der Waals surface area contributed by atoms with Crippen molar-refractivity contribution in [2.24, 2.45) is 0 Å². The third-order valence-corrected chi connectivity index (χ3v) is 4.96. The Labute approximate surface area is 136 Å². The summed E-state index contributed by atoms with van der Waals surface area (Å²) in [7, 11) is 0. The van der Waals surface area contributed by atoms with E-state index in [9.17, 15) is 0 Å². The highest BCUT2D eigenvalue weighted by Gasteiger charge is 2.31. The molecule has 1 aliphatic heterocycles. The van der Waals surface area contributed by atoms with Gasteiger partial charge in [-0.2, -0.15) is 5.10 Å². The van der Waals surface area contributed by atoms with Gasteiger partial charge in [0.1, 0.15) is 0 Å².